The molecule has 0 atom stereocenters. The molecule has 0 N–H and O–H groups in total. The zero-order valence-electron chi connectivity index (χ0n) is 16.4. The van der Waals surface area contributed by atoms with Crippen molar-refractivity contribution in [2.75, 3.05) is 0 Å². The topological polar surface area (TPSA) is 44.1 Å². The maximum Gasteiger partial charge on any atom is 0.343 e. The van der Waals surface area contributed by atoms with Crippen LogP contribution in [0.1, 0.15) is 41.6 Å². The van der Waals surface area contributed by atoms with E-state index in [0.717, 1.165) is 22.4 Å². The Labute approximate surface area is 170 Å². The molecule has 29 heavy (non-hydrogen) atoms. The first kappa shape index (κ1) is 18.7. The summed E-state index contributed by atoms with van der Waals surface area (Å²) in [7, 11) is 0. The molecule has 0 aliphatic carbocycles. The highest BCUT2D eigenvalue weighted by molar-refractivity contribution is 5.95. The number of fused-ring (bicyclic) bond motifs is 1. The van der Waals surface area contributed by atoms with Crippen LogP contribution in [0.4, 0.5) is 0 Å². The molecular weight excluding hydrogens is 360 g/mol. The first-order valence-corrected chi connectivity index (χ1v) is 9.65. The van der Waals surface area contributed by atoms with Gasteiger partial charge in [0.25, 0.3) is 0 Å². The fourth-order valence-electron chi connectivity index (χ4n) is 3.33. The van der Waals surface area contributed by atoms with Gasteiger partial charge < -0.3 is 9.30 Å². The minimum absolute atomic E-state index is 0.204. The van der Waals surface area contributed by atoms with Gasteiger partial charge in [-0.1, -0.05) is 60.7 Å². The lowest BCUT2D eigenvalue weighted by Gasteiger charge is -2.13. The van der Waals surface area contributed by atoms with Crippen molar-refractivity contribution in [1.29, 1.82) is 0 Å². The lowest BCUT2D eigenvalue weighted by Crippen LogP contribution is -2.07. The fourth-order valence-corrected chi connectivity index (χ4v) is 3.33. The third kappa shape index (κ3) is 3.97. The van der Waals surface area contributed by atoms with E-state index in [4.69, 9.17) is 9.72 Å². The number of carbonyl (C=O) groups is 1. The summed E-state index contributed by atoms with van der Waals surface area (Å²) in [5, 5.41) is 0. The molecule has 4 heteroatoms. The SMILES string of the molecule is CC(C)n1c(/C=C(/OC(=O)c2ccccc2)c2ccccc2)nc2ccccc21. The van der Waals surface area contributed by atoms with Gasteiger partial charge in [-0.3, -0.25) is 0 Å². The van der Waals surface area contributed by atoms with E-state index in [1.165, 1.54) is 0 Å². The number of rotatable bonds is 5. The average molecular weight is 382 g/mol. The summed E-state index contributed by atoms with van der Waals surface area (Å²) in [6.07, 6.45) is 1.84. The monoisotopic (exact) mass is 382 g/mol. The third-order valence-corrected chi connectivity index (χ3v) is 4.67. The van der Waals surface area contributed by atoms with Gasteiger partial charge in [-0.15, -0.1) is 0 Å². The quantitative estimate of drug-likeness (QED) is 0.315. The van der Waals surface area contributed by atoms with E-state index in [9.17, 15) is 4.79 Å². The van der Waals surface area contributed by atoms with Crippen molar-refractivity contribution in [1.82, 2.24) is 9.55 Å². The van der Waals surface area contributed by atoms with E-state index >= 15 is 0 Å². The van der Waals surface area contributed by atoms with E-state index < -0.39 is 5.97 Å². The highest BCUT2D eigenvalue weighted by Gasteiger charge is 2.16. The Morgan fingerprint density at radius 1 is 0.862 bits per heavy atom. The molecule has 0 saturated heterocycles. The van der Waals surface area contributed by atoms with Gasteiger partial charge in [-0.2, -0.15) is 0 Å². The Kier molecular flexibility index (Phi) is 5.25. The number of aromatic nitrogens is 2. The molecule has 4 aromatic rings. The van der Waals surface area contributed by atoms with Crippen LogP contribution >= 0.6 is 0 Å². The predicted octanol–water partition coefficient (Wildman–Crippen LogP) is 5.97. The molecule has 0 radical (unpaired) electrons. The van der Waals surface area contributed by atoms with Gasteiger partial charge in [0, 0.05) is 17.7 Å². The van der Waals surface area contributed by atoms with Crippen LogP contribution in [0.2, 0.25) is 0 Å². The molecule has 0 aliphatic rings. The maximum atomic E-state index is 12.7. The van der Waals surface area contributed by atoms with Crippen LogP contribution in [0.5, 0.6) is 0 Å². The van der Waals surface area contributed by atoms with E-state index in [1.54, 1.807) is 12.1 Å². The minimum Gasteiger partial charge on any atom is -0.422 e. The van der Waals surface area contributed by atoms with Crippen LogP contribution < -0.4 is 0 Å². The molecule has 0 amide bonds. The number of imidazole rings is 1. The van der Waals surface area contributed by atoms with Crippen LogP contribution in [0, 0.1) is 0 Å². The van der Waals surface area contributed by atoms with E-state index in [2.05, 4.69) is 24.5 Å². The smallest absolute Gasteiger partial charge is 0.343 e. The molecule has 0 saturated carbocycles. The second-order valence-electron chi connectivity index (χ2n) is 7.05. The summed E-state index contributed by atoms with van der Waals surface area (Å²) in [4.78, 5) is 17.5. The van der Waals surface area contributed by atoms with Gasteiger partial charge in [0.05, 0.1) is 16.6 Å². The number of nitrogens with zero attached hydrogens (tertiary/aromatic N) is 2. The Morgan fingerprint density at radius 2 is 1.45 bits per heavy atom. The number of para-hydroxylation sites is 2. The Balaban J connectivity index is 1.82. The van der Waals surface area contributed by atoms with Crippen molar-refractivity contribution in [3.05, 3.63) is 102 Å². The molecule has 0 fully saturated rings. The molecule has 4 nitrogen and oxygen atoms in total. The van der Waals surface area contributed by atoms with Crippen LogP contribution in [0.15, 0.2) is 84.9 Å². The largest absolute Gasteiger partial charge is 0.422 e. The predicted molar refractivity (Wildman–Crippen MR) is 116 cm³/mol. The minimum atomic E-state index is -0.395. The Hall–Kier alpha value is -3.66. The molecule has 4 rings (SSSR count). The number of ether oxygens (including phenoxy) is 1. The maximum absolute atomic E-state index is 12.7. The van der Waals surface area contributed by atoms with Gasteiger partial charge in [0.2, 0.25) is 0 Å². The van der Waals surface area contributed by atoms with Crippen LogP contribution in [-0.2, 0) is 4.74 Å². The highest BCUT2D eigenvalue weighted by atomic mass is 16.5. The molecule has 0 aliphatic heterocycles. The first-order chi connectivity index (χ1) is 14.1. The summed E-state index contributed by atoms with van der Waals surface area (Å²) < 4.78 is 7.97. The third-order valence-electron chi connectivity index (χ3n) is 4.67. The van der Waals surface area contributed by atoms with Gasteiger partial charge in [0.1, 0.15) is 11.6 Å². The normalized spacial score (nSPS) is 11.8. The zero-order valence-corrected chi connectivity index (χ0v) is 16.4. The van der Waals surface area contributed by atoms with Crippen LogP contribution in [0.3, 0.4) is 0 Å². The second-order valence-corrected chi connectivity index (χ2v) is 7.05. The molecular formula is C25H22N2O2. The molecule has 144 valence electrons. The zero-order chi connectivity index (χ0) is 20.2. The van der Waals surface area contributed by atoms with Crippen molar-refractivity contribution in [3.63, 3.8) is 0 Å². The number of esters is 1. The van der Waals surface area contributed by atoms with Crippen molar-refractivity contribution in [2.45, 2.75) is 19.9 Å². The number of hydrogen-bond donors (Lipinski definition) is 0. The molecule has 1 aromatic heterocycles. The van der Waals surface area contributed by atoms with Gasteiger partial charge in [-0.25, -0.2) is 9.78 Å². The van der Waals surface area contributed by atoms with Gasteiger partial charge in [0.15, 0.2) is 0 Å². The van der Waals surface area contributed by atoms with Crippen molar-refractivity contribution in [3.8, 4) is 0 Å². The molecule has 3 aromatic carbocycles. The van der Waals surface area contributed by atoms with Crippen molar-refractivity contribution < 1.29 is 9.53 Å². The van der Waals surface area contributed by atoms with Crippen LogP contribution in [0.25, 0.3) is 22.9 Å². The summed E-state index contributed by atoms with van der Waals surface area (Å²) in [6.45, 7) is 4.23. The van der Waals surface area contributed by atoms with E-state index in [-0.39, 0.29) is 6.04 Å². The Morgan fingerprint density at radius 3 is 2.10 bits per heavy atom. The molecule has 0 unspecified atom stereocenters. The molecule has 0 bridgehead atoms. The van der Waals surface area contributed by atoms with Crippen molar-refractivity contribution >= 4 is 28.8 Å². The summed E-state index contributed by atoms with van der Waals surface area (Å²) in [5.41, 5.74) is 3.29. The van der Waals surface area contributed by atoms with Gasteiger partial charge >= 0.3 is 5.97 Å². The number of benzene rings is 3. The summed E-state index contributed by atoms with van der Waals surface area (Å²) in [5.74, 6) is 0.825. The lowest BCUT2D eigenvalue weighted by molar-refractivity contribution is 0.0693. The van der Waals surface area contributed by atoms with E-state index in [1.807, 2.05) is 72.8 Å². The van der Waals surface area contributed by atoms with Crippen LogP contribution in [-0.4, -0.2) is 15.5 Å². The standard InChI is InChI=1S/C25H22N2O2/c1-18(2)27-22-16-10-9-15-21(22)26-24(27)17-23(19-11-5-3-6-12-19)29-25(28)20-13-7-4-8-14-20/h3-18H,1-2H3/b23-17+. The number of carbonyl (C=O) groups excluding carboxylic acids is 1. The fraction of sp³-hybridized carbons (Fsp3) is 0.120. The highest BCUT2D eigenvalue weighted by Crippen LogP contribution is 2.26. The second kappa shape index (κ2) is 8.15. The molecule has 0 spiro atoms. The van der Waals surface area contributed by atoms with Gasteiger partial charge in [-0.05, 0) is 38.1 Å². The summed E-state index contributed by atoms with van der Waals surface area (Å²) in [6, 6.07) is 26.8. The number of hydrogen-bond acceptors (Lipinski definition) is 3. The lowest BCUT2D eigenvalue weighted by atomic mass is 10.1. The first-order valence-electron chi connectivity index (χ1n) is 9.65. The average Bonchev–Trinajstić information content (AvgIpc) is 3.12. The van der Waals surface area contributed by atoms with Crippen molar-refractivity contribution in [2.24, 2.45) is 0 Å². The Bertz CT molecular complexity index is 1160. The molecule has 1 heterocycles. The summed E-state index contributed by atoms with van der Waals surface area (Å²) >= 11 is 0. The van der Waals surface area contributed by atoms with E-state index in [0.29, 0.717) is 11.3 Å².